The molecule has 1 saturated heterocycles. The van der Waals surface area contributed by atoms with Gasteiger partial charge in [-0.25, -0.2) is 4.98 Å². The van der Waals surface area contributed by atoms with E-state index >= 15 is 0 Å². The number of nitrogens with one attached hydrogen (secondary N) is 3. The van der Waals surface area contributed by atoms with Crippen molar-refractivity contribution in [2.75, 3.05) is 50.5 Å². The smallest absolute Gasteiger partial charge is 0.271 e. The van der Waals surface area contributed by atoms with Crippen LogP contribution in [0.3, 0.4) is 0 Å². The number of hydrogen-bond acceptors (Lipinski definition) is 6. The summed E-state index contributed by atoms with van der Waals surface area (Å²) in [6, 6.07) is 6.04. The molecule has 3 N–H and O–H groups in total. The minimum absolute atomic E-state index is 0.0420. The molecule has 0 radical (unpaired) electrons. The summed E-state index contributed by atoms with van der Waals surface area (Å²) in [6.45, 7) is 2.92. The number of H-pyrrole nitrogens is 1. The molecule has 2 aromatic heterocycles. The first-order chi connectivity index (χ1) is 16.1. The van der Waals surface area contributed by atoms with Crippen LogP contribution in [0, 0.1) is 5.92 Å². The second-order valence-corrected chi connectivity index (χ2v) is 8.92. The summed E-state index contributed by atoms with van der Waals surface area (Å²) in [5.74, 6) is 1.44. The van der Waals surface area contributed by atoms with Crippen molar-refractivity contribution in [3.05, 3.63) is 53.1 Å². The molecule has 176 valence electrons. The molecule has 1 saturated carbocycles. The fraction of sp³-hybridized carbons (Fsp3) is 0.480. The molecule has 0 spiro atoms. The van der Waals surface area contributed by atoms with E-state index < -0.39 is 0 Å². The molecule has 1 unspecified atom stereocenters. The lowest BCUT2D eigenvalue weighted by molar-refractivity contribution is -0.127. The molecular formula is C25H34N6O2. The van der Waals surface area contributed by atoms with Gasteiger partial charge in [0.05, 0.1) is 0 Å². The van der Waals surface area contributed by atoms with E-state index in [1.807, 2.05) is 43.3 Å². The highest BCUT2D eigenvalue weighted by atomic mass is 16.2. The van der Waals surface area contributed by atoms with E-state index in [9.17, 15) is 9.59 Å². The molecular weight excluding hydrogens is 416 g/mol. The van der Waals surface area contributed by atoms with Gasteiger partial charge in [0.1, 0.15) is 11.5 Å². The maximum absolute atomic E-state index is 13.0. The van der Waals surface area contributed by atoms with E-state index in [1.165, 1.54) is 12.8 Å². The zero-order valence-electron chi connectivity index (χ0n) is 19.5. The monoisotopic (exact) mass is 450 g/mol. The number of likely N-dealkylation sites (tertiary alicyclic amines) is 1. The zero-order chi connectivity index (χ0) is 23.2. The number of aromatic amines is 1. The second kappa shape index (κ2) is 10.7. The highest BCUT2D eigenvalue weighted by Gasteiger charge is 2.33. The Hall–Kier alpha value is -3.13. The number of anilines is 2. The van der Waals surface area contributed by atoms with Crippen LogP contribution < -0.4 is 21.1 Å². The van der Waals surface area contributed by atoms with Crippen LogP contribution in [-0.4, -0.2) is 67.1 Å². The molecule has 2 aliphatic rings. The average molecular weight is 451 g/mol. The van der Waals surface area contributed by atoms with E-state index in [1.54, 1.807) is 18.5 Å². The Morgan fingerprint density at radius 1 is 1.27 bits per heavy atom. The summed E-state index contributed by atoms with van der Waals surface area (Å²) in [7, 11) is 3.70. The molecule has 0 bridgehead atoms. The number of rotatable bonds is 9. The number of hydrogen-bond donors (Lipinski definition) is 3. The van der Waals surface area contributed by atoms with Gasteiger partial charge in [-0.2, -0.15) is 0 Å². The van der Waals surface area contributed by atoms with E-state index in [-0.39, 0.29) is 17.5 Å². The lowest BCUT2D eigenvalue weighted by atomic mass is 10.0. The fourth-order valence-corrected chi connectivity index (χ4v) is 4.41. The number of pyridine rings is 2. The van der Waals surface area contributed by atoms with Crippen LogP contribution in [0.1, 0.15) is 25.7 Å². The summed E-state index contributed by atoms with van der Waals surface area (Å²) in [6.07, 6.45) is 11.3. The van der Waals surface area contributed by atoms with Crippen molar-refractivity contribution in [2.45, 2.75) is 31.7 Å². The molecule has 3 heterocycles. The fourth-order valence-electron chi connectivity index (χ4n) is 4.41. The van der Waals surface area contributed by atoms with Crippen molar-refractivity contribution in [2.24, 2.45) is 5.92 Å². The quantitative estimate of drug-likeness (QED) is 0.508. The Morgan fingerprint density at radius 2 is 2.12 bits per heavy atom. The summed E-state index contributed by atoms with van der Waals surface area (Å²) in [5.41, 5.74) is 2.54. The molecule has 1 amide bonds. The third-order valence-electron chi connectivity index (χ3n) is 6.43. The minimum Gasteiger partial charge on any atom is -0.373 e. The predicted molar refractivity (Wildman–Crippen MR) is 133 cm³/mol. The van der Waals surface area contributed by atoms with Gasteiger partial charge in [-0.05, 0) is 62.4 Å². The number of amides is 1. The average Bonchev–Trinajstić information content (AvgIpc) is 3.67. The van der Waals surface area contributed by atoms with E-state index in [0.717, 1.165) is 42.9 Å². The van der Waals surface area contributed by atoms with Crippen molar-refractivity contribution in [3.63, 3.8) is 0 Å². The minimum atomic E-state index is -0.0836. The lowest BCUT2D eigenvalue weighted by Crippen LogP contribution is -2.51. The van der Waals surface area contributed by atoms with E-state index in [2.05, 4.69) is 25.5 Å². The molecule has 33 heavy (non-hydrogen) atoms. The number of aromatic nitrogens is 2. The van der Waals surface area contributed by atoms with Gasteiger partial charge in [-0.1, -0.05) is 6.08 Å². The van der Waals surface area contributed by atoms with Gasteiger partial charge in [0.25, 0.3) is 5.56 Å². The van der Waals surface area contributed by atoms with Gasteiger partial charge in [0.2, 0.25) is 5.91 Å². The van der Waals surface area contributed by atoms with Crippen molar-refractivity contribution in [3.8, 4) is 11.1 Å². The topological polar surface area (TPSA) is 93.4 Å². The molecule has 8 heteroatoms. The van der Waals surface area contributed by atoms with Gasteiger partial charge in [-0.15, -0.1) is 0 Å². The van der Waals surface area contributed by atoms with Gasteiger partial charge in [-0.3, -0.25) is 9.59 Å². The number of nitrogens with zero attached hydrogens (tertiary/aromatic N) is 3. The Kier molecular flexibility index (Phi) is 7.44. The largest absolute Gasteiger partial charge is 0.373 e. The van der Waals surface area contributed by atoms with Gasteiger partial charge < -0.3 is 25.4 Å². The van der Waals surface area contributed by atoms with Crippen LogP contribution in [0.5, 0.6) is 0 Å². The summed E-state index contributed by atoms with van der Waals surface area (Å²) in [4.78, 5) is 37.1. The van der Waals surface area contributed by atoms with Crippen LogP contribution in [0.2, 0.25) is 0 Å². The summed E-state index contributed by atoms with van der Waals surface area (Å²) >= 11 is 0. The molecule has 1 atom stereocenters. The summed E-state index contributed by atoms with van der Waals surface area (Å²) < 4.78 is 0. The third-order valence-corrected chi connectivity index (χ3v) is 6.43. The predicted octanol–water partition coefficient (Wildman–Crippen LogP) is 2.46. The first kappa shape index (κ1) is 23.0. The number of carbonyl (C=O) groups is 1. The highest BCUT2D eigenvalue weighted by Crippen LogP contribution is 2.34. The van der Waals surface area contributed by atoms with Gasteiger partial charge >= 0.3 is 0 Å². The Bertz CT molecular complexity index is 1050. The van der Waals surface area contributed by atoms with Gasteiger partial charge in [0, 0.05) is 63.3 Å². The standard InChI is InChI=1S/C25H34N6O2/c1-26-10-3-6-24(32)30-12-4-5-21(17-30)31(16-18-7-8-18)22-13-20(15-29-25(22)33)19-9-11-28-23(14-19)27-2/h3,6,9,11,13-15,18,21,26H,4-5,7-8,10,12,16-17H2,1-2H3,(H,27,28)(H,29,33)/b6-3+. The number of carbonyl (C=O) groups excluding carboxylic acids is 1. The molecule has 8 nitrogen and oxygen atoms in total. The van der Waals surface area contributed by atoms with Crippen molar-refractivity contribution >= 4 is 17.4 Å². The first-order valence-electron chi connectivity index (χ1n) is 11.8. The highest BCUT2D eigenvalue weighted by molar-refractivity contribution is 5.87. The van der Waals surface area contributed by atoms with Crippen LogP contribution in [0.15, 0.2) is 47.5 Å². The Morgan fingerprint density at radius 3 is 2.88 bits per heavy atom. The van der Waals surface area contributed by atoms with Crippen LogP contribution in [0.4, 0.5) is 11.5 Å². The maximum atomic E-state index is 13.0. The van der Waals surface area contributed by atoms with E-state index in [4.69, 9.17) is 0 Å². The van der Waals surface area contributed by atoms with Crippen LogP contribution >= 0.6 is 0 Å². The molecule has 4 rings (SSSR count). The third kappa shape index (κ3) is 5.82. The normalized spacial score (nSPS) is 18.5. The van der Waals surface area contributed by atoms with E-state index in [0.29, 0.717) is 24.7 Å². The Labute approximate surface area is 195 Å². The molecule has 2 aromatic rings. The summed E-state index contributed by atoms with van der Waals surface area (Å²) in [5, 5.41) is 6.09. The first-order valence-corrected chi connectivity index (χ1v) is 11.8. The molecule has 0 aromatic carbocycles. The van der Waals surface area contributed by atoms with Crippen molar-refractivity contribution < 1.29 is 4.79 Å². The zero-order valence-corrected chi connectivity index (χ0v) is 19.5. The van der Waals surface area contributed by atoms with Crippen molar-refractivity contribution in [1.82, 2.24) is 20.2 Å². The SMILES string of the molecule is CNC/C=C/C(=O)N1CCCC(N(CC2CC2)c2cc(-c3ccnc(NC)c3)c[nH]c2=O)C1. The van der Waals surface area contributed by atoms with Gasteiger partial charge in [0.15, 0.2) is 0 Å². The van der Waals surface area contributed by atoms with Crippen LogP contribution in [-0.2, 0) is 4.79 Å². The van der Waals surface area contributed by atoms with Crippen LogP contribution in [0.25, 0.3) is 11.1 Å². The number of piperidine rings is 1. The van der Waals surface area contributed by atoms with Crippen molar-refractivity contribution in [1.29, 1.82) is 0 Å². The Balaban J connectivity index is 1.60. The molecule has 1 aliphatic heterocycles. The maximum Gasteiger partial charge on any atom is 0.271 e. The number of likely N-dealkylation sites (N-methyl/N-ethyl adjacent to an activating group) is 1. The molecule has 1 aliphatic carbocycles. The molecule has 2 fully saturated rings. The second-order valence-electron chi connectivity index (χ2n) is 8.92. The lowest BCUT2D eigenvalue weighted by Gasteiger charge is -2.40.